The maximum atomic E-state index is 12.3. The molecule has 0 radical (unpaired) electrons. The second-order valence-corrected chi connectivity index (χ2v) is 7.67. The van der Waals surface area contributed by atoms with Crippen LogP contribution < -0.4 is 10.1 Å². The summed E-state index contributed by atoms with van der Waals surface area (Å²) in [6.07, 6.45) is 4.23. The van der Waals surface area contributed by atoms with Gasteiger partial charge in [-0.15, -0.1) is 0 Å². The minimum absolute atomic E-state index is 0.186. The zero-order valence-corrected chi connectivity index (χ0v) is 15.4. The minimum Gasteiger partial charge on any atom is -0.492 e. The Bertz CT molecular complexity index is 596. The normalized spacial score (nSPS) is 26.1. The number of ether oxygens (including phenoxy) is 2. The summed E-state index contributed by atoms with van der Waals surface area (Å²) >= 11 is 0. The van der Waals surface area contributed by atoms with Crippen molar-refractivity contribution in [2.75, 3.05) is 45.9 Å². The summed E-state index contributed by atoms with van der Waals surface area (Å²) in [4.78, 5) is 16.7. The Hall–Kier alpha value is -1.79. The molecule has 0 bridgehead atoms. The molecule has 1 atom stereocenters. The Kier molecular flexibility index (Phi) is 5.31. The van der Waals surface area contributed by atoms with E-state index in [2.05, 4.69) is 10.2 Å². The van der Waals surface area contributed by atoms with Gasteiger partial charge in [0, 0.05) is 38.5 Å². The quantitative estimate of drug-likeness (QED) is 0.873. The number of likely N-dealkylation sites (tertiary alicyclic amines) is 1. The lowest BCUT2D eigenvalue weighted by Crippen LogP contribution is -2.53. The highest BCUT2D eigenvalue weighted by Crippen LogP contribution is 2.34. The molecule has 4 rings (SSSR count). The molecule has 3 heterocycles. The van der Waals surface area contributed by atoms with Crippen LogP contribution in [-0.2, 0) is 4.74 Å². The molecule has 3 aliphatic rings. The molecular weight excluding hydrogens is 330 g/mol. The molecule has 3 fully saturated rings. The third kappa shape index (κ3) is 3.96. The lowest BCUT2D eigenvalue weighted by molar-refractivity contribution is -0.0127. The molecule has 0 unspecified atom stereocenters. The molecule has 1 aromatic carbocycles. The average Bonchev–Trinajstić information content (AvgIpc) is 2.99. The molecule has 26 heavy (non-hydrogen) atoms. The van der Waals surface area contributed by atoms with Crippen LogP contribution in [0.2, 0.25) is 0 Å². The summed E-state index contributed by atoms with van der Waals surface area (Å²) in [5.41, 5.74) is -0.289. The van der Waals surface area contributed by atoms with E-state index >= 15 is 0 Å². The van der Waals surface area contributed by atoms with Crippen molar-refractivity contribution in [2.45, 2.75) is 37.3 Å². The first kappa shape index (κ1) is 17.6. The summed E-state index contributed by atoms with van der Waals surface area (Å²) in [6, 6.07) is 10.4. The number of para-hydroxylation sites is 1. The van der Waals surface area contributed by atoms with Crippen molar-refractivity contribution in [3.8, 4) is 5.75 Å². The van der Waals surface area contributed by atoms with E-state index in [1.54, 1.807) is 4.90 Å². The van der Waals surface area contributed by atoms with Gasteiger partial charge < -0.3 is 19.7 Å². The number of amides is 1. The lowest BCUT2D eigenvalue weighted by atomic mass is 9.89. The zero-order valence-electron chi connectivity index (χ0n) is 15.4. The molecule has 6 nitrogen and oxygen atoms in total. The van der Waals surface area contributed by atoms with Crippen molar-refractivity contribution in [1.82, 2.24) is 15.1 Å². The van der Waals surface area contributed by atoms with E-state index in [-0.39, 0.29) is 11.7 Å². The predicted molar refractivity (Wildman–Crippen MR) is 99.4 cm³/mol. The highest BCUT2D eigenvalue weighted by atomic mass is 16.6. The van der Waals surface area contributed by atoms with E-state index in [1.165, 1.54) is 12.8 Å². The Morgan fingerprint density at radius 1 is 1.23 bits per heavy atom. The van der Waals surface area contributed by atoms with Gasteiger partial charge in [-0.3, -0.25) is 4.90 Å². The van der Waals surface area contributed by atoms with Gasteiger partial charge in [-0.1, -0.05) is 18.2 Å². The first-order valence-electron chi connectivity index (χ1n) is 9.85. The first-order valence-corrected chi connectivity index (χ1v) is 9.85. The van der Waals surface area contributed by atoms with Crippen LogP contribution >= 0.6 is 0 Å². The van der Waals surface area contributed by atoms with Gasteiger partial charge in [0.25, 0.3) is 0 Å². The van der Waals surface area contributed by atoms with Gasteiger partial charge in [0.15, 0.2) is 0 Å². The van der Waals surface area contributed by atoms with Gasteiger partial charge in [-0.2, -0.15) is 0 Å². The smallest absolute Gasteiger partial charge is 0.410 e. The van der Waals surface area contributed by atoms with Gasteiger partial charge in [0.05, 0.1) is 13.1 Å². The van der Waals surface area contributed by atoms with Gasteiger partial charge in [-0.05, 0) is 31.5 Å². The van der Waals surface area contributed by atoms with Crippen LogP contribution in [0.3, 0.4) is 0 Å². The second-order valence-electron chi connectivity index (χ2n) is 7.67. The summed E-state index contributed by atoms with van der Waals surface area (Å²) in [5, 5.41) is 3.49. The highest BCUT2D eigenvalue weighted by molar-refractivity contribution is 5.70. The van der Waals surface area contributed by atoms with Crippen LogP contribution in [-0.4, -0.2) is 73.4 Å². The number of nitrogens with zero attached hydrogens (tertiary/aromatic N) is 2. The van der Waals surface area contributed by atoms with E-state index in [9.17, 15) is 4.79 Å². The van der Waals surface area contributed by atoms with Crippen molar-refractivity contribution in [3.63, 3.8) is 0 Å². The van der Waals surface area contributed by atoms with Gasteiger partial charge in [-0.25, -0.2) is 4.79 Å². The van der Waals surface area contributed by atoms with E-state index in [0.717, 1.165) is 44.8 Å². The number of nitrogens with one attached hydrogen (secondary N) is 1. The van der Waals surface area contributed by atoms with Crippen LogP contribution in [0.5, 0.6) is 5.75 Å². The SMILES string of the molecule is O=C1OC2(CCN([C@H]3CCCNC3)CC2)CN1CCOc1ccccc1. The van der Waals surface area contributed by atoms with Crippen molar-refractivity contribution >= 4 is 6.09 Å². The lowest BCUT2D eigenvalue weighted by Gasteiger charge is -2.42. The largest absolute Gasteiger partial charge is 0.492 e. The molecule has 1 N–H and O–H groups in total. The monoisotopic (exact) mass is 359 g/mol. The number of carbonyl (C=O) groups excluding carboxylic acids is 1. The molecule has 142 valence electrons. The fraction of sp³-hybridized carbons (Fsp3) is 0.650. The van der Waals surface area contributed by atoms with Crippen LogP contribution in [0, 0.1) is 0 Å². The third-order valence-corrected chi connectivity index (χ3v) is 5.91. The Labute approximate surface area is 155 Å². The van der Waals surface area contributed by atoms with Crippen LogP contribution in [0.1, 0.15) is 25.7 Å². The number of rotatable bonds is 5. The Balaban J connectivity index is 1.25. The molecule has 0 aliphatic carbocycles. The third-order valence-electron chi connectivity index (χ3n) is 5.91. The van der Waals surface area contributed by atoms with E-state index in [4.69, 9.17) is 9.47 Å². The molecular formula is C20H29N3O3. The van der Waals surface area contributed by atoms with E-state index in [0.29, 0.717) is 25.7 Å². The molecule has 0 aromatic heterocycles. The first-order chi connectivity index (χ1) is 12.7. The maximum absolute atomic E-state index is 12.3. The zero-order chi connectivity index (χ0) is 17.8. The number of carbonyl (C=O) groups is 1. The summed E-state index contributed by atoms with van der Waals surface area (Å²) in [7, 11) is 0. The standard InChI is InChI=1S/C20H29N3O3/c24-19-23(13-14-25-18-6-2-1-3-7-18)16-20(26-19)8-11-22(12-9-20)17-5-4-10-21-15-17/h1-3,6-7,17,21H,4-5,8-16H2/t17-/m0/s1. The average molecular weight is 359 g/mol. The molecule has 1 aromatic rings. The molecule has 1 spiro atoms. The van der Waals surface area contributed by atoms with E-state index < -0.39 is 0 Å². The molecule has 3 saturated heterocycles. The van der Waals surface area contributed by atoms with Crippen LogP contribution in [0.25, 0.3) is 0 Å². The fourth-order valence-electron chi connectivity index (χ4n) is 4.36. The number of hydrogen-bond acceptors (Lipinski definition) is 5. The van der Waals surface area contributed by atoms with Crippen LogP contribution in [0.4, 0.5) is 4.79 Å². The fourth-order valence-corrected chi connectivity index (χ4v) is 4.36. The molecule has 0 saturated carbocycles. The summed E-state index contributed by atoms with van der Waals surface area (Å²) < 4.78 is 11.6. The van der Waals surface area contributed by atoms with Gasteiger partial charge >= 0.3 is 6.09 Å². The minimum atomic E-state index is -0.289. The van der Waals surface area contributed by atoms with Crippen LogP contribution in [0.15, 0.2) is 30.3 Å². The summed E-state index contributed by atoms with van der Waals surface area (Å²) in [5.74, 6) is 0.837. The van der Waals surface area contributed by atoms with Crippen molar-refractivity contribution < 1.29 is 14.3 Å². The van der Waals surface area contributed by atoms with Gasteiger partial charge in [0.2, 0.25) is 0 Å². The van der Waals surface area contributed by atoms with Crippen molar-refractivity contribution in [3.05, 3.63) is 30.3 Å². The Morgan fingerprint density at radius 2 is 2.04 bits per heavy atom. The number of piperidine rings is 2. The molecule has 3 aliphatic heterocycles. The predicted octanol–water partition coefficient (Wildman–Crippen LogP) is 2.10. The summed E-state index contributed by atoms with van der Waals surface area (Å²) in [6.45, 7) is 6.05. The van der Waals surface area contributed by atoms with Gasteiger partial charge in [0.1, 0.15) is 18.0 Å². The highest BCUT2D eigenvalue weighted by Gasteiger charge is 2.47. The number of benzene rings is 1. The van der Waals surface area contributed by atoms with Crippen molar-refractivity contribution in [2.24, 2.45) is 0 Å². The van der Waals surface area contributed by atoms with E-state index in [1.807, 2.05) is 30.3 Å². The number of hydrogen-bond donors (Lipinski definition) is 1. The molecule has 1 amide bonds. The molecule has 6 heteroatoms. The maximum Gasteiger partial charge on any atom is 0.410 e. The second kappa shape index (κ2) is 7.84. The van der Waals surface area contributed by atoms with Crippen molar-refractivity contribution in [1.29, 1.82) is 0 Å². The Morgan fingerprint density at radius 3 is 2.77 bits per heavy atom. The topological polar surface area (TPSA) is 54.0 Å².